The molecule has 2 rings (SSSR count). The van der Waals surface area contributed by atoms with E-state index in [1.807, 2.05) is 30.5 Å². The molecular formula is C11H19N5O. The SMILES string of the molecule is CC(NCC(=O)N(C)C1CC1)c1nncn1C. The van der Waals surface area contributed by atoms with Crippen LogP contribution in [0, 0.1) is 0 Å². The number of nitrogens with zero attached hydrogens (tertiary/aromatic N) is 4. The summed E-state index contributed by atoms with van der Waals surface area (Å²) in [5, 5.41) is 11.0. The van der Waals surface area contributed by atoms with E-state index in [9.17, 15) is 4.79 Å². The number of hydrogen-bond donors (Lipinski definition) is 1. The Balaban J connectivity index is 1.81. The average molecular weight is 237 g/mol. The molecule has 6 heteroatoms. The highest BCUT2D eigenvalue weighted by atomic mass is 16.2. The van der Waals surface area contributed by atoms with Gasteiger partial charge in [-0.05, 0) is 19.8 Å². The topological polar surface area (TPSA) is 63.1 Å². The second-order valence-corrected chi connectivity index (χ2v) is 4.64. The summed E-state index contributed by atoms with van der Waals surface area (Å²) in [6.07, 6.45) is 3.94. The van der Waals surface area contributed by atoms with Crippen molar-refractivity contribution < 1.29 is 4.79 Å². The van der Waals surface area contributed by atoms with E-state index >= 15 is 0 Å². The molecule has 1 aliphatic carbocycles. The number of aromatic nitrogens is 3. The first-order chi connectivity index (χ1) is 8.09. The molecular weight excluding hydrogens is 218 g/mol. The third-order valence-electron chi connectivity index (χ3n) is 3.18. The second kappa shape index (κ2) is 4.83. The molecule has 1 amide bonds. The molecule has 1 heterocycles. The van der Waals surface area contributed by atoms with Gasteiger partial charge in [-0.2, -0.15) is 0 Å². The van der Waals surface area contributed by atoms with Gasteiger partial charge in [-0.3, -0.25) is 10.1 Å². The van der Waals surface area contributed by atoms with Crippen LogP contribution in [-0.2, 0) is 11.8 Å². The van der Waals surface area contributed by atoms with Crippen LogP contribution in [0.5, 0.6) is 0 Å². The summed E-state index contributed by atoms with van der Waals surface area (Å²) < 4.78 is 1.85. The van der Waals surface area contributed by atoms with Crippen molar-refractivity contribution in [2.45, 2.75) is 31.8 Å². The highest BCUT2D eigenvalue weighted by molar-refractivity contribution is 5.78. The van der Waals surface area contributed by atoms with Crippen molar-refractivity contribution in [2.24, 2.45) is 7.05 Å². The molecule has 17 heavy (non-hydrogen) atoms. The van der Waals surface area contributed by atoms with E-state index in [4.69, 9.17) is 0 Å². The maximum Gasteiger partial charge on any atom is 0.236 e. The zero-order chi connectivity index (χ0) is 12.4. The summed E-state index contributed by atoms with van der Waals surface area (Å²) in [6, 6.07) is 0.494. The molecule has 94 valence electrons. The van der Waals surface area contributed by atoms with Crippen molar-refractivity contribution >= 4 is 5.91 Å². The van der Waals surface area contributed by atoms with Crippen LogP contribution in [0.2, 0.25) is 0 Å². The molecule has 1 N–H and O–H groups in total. The lowest BCUT2D eigenvalue weighted by atomic mass is 10.3. The van der Waals surface area contributed by atoms with Gasteiger partial charge < -0.3 is 9.47 Å². The summed E-state index contributed by atoms with van der Waals surface area (Å²) in [5.41, 5.74) is 0. The van der Waals surface area contributed by atoms with E-state index in [2.05, 4.69) is 15.5 Å². The highest BCUT2D eigenvalue weighted by Crippen LogP contribution is 2.25. The zero-order valence-corrected chi connectivity index (χ0v) is 10.6. The van der Waals surface area contributed by atoms with Crippen LogP contribution in [0.4, 0.5) is 0 Å². The van der Waals surface area contributed by atoms with Crippen molar-refractivity contribution in [1.82, 2.24) is 25.0 Å². The van der Waals surface area contributed by atoms with E-state index in [0.29, 0.717) is 12.6 Å². The van der Waals surface area contributed by atoms with Gasteiger partial charge in [0.15, 0.2) is 0 Å². The lowest BCUT2D eigenvalue weighted by Gasteiger charge is -2.18. The Morgan fingerprint density at radius 3 is 2.94 bits per heavy atom. The highest BCUT2D eigenvalue weighted by Gasteiger charge is 2.29. The van der Waals surface area contributed by atoms with Gasteiger partial charge in [0.1, 0.15) is 12.2 Å². The number of nitrogens with one attached hydrogen (secondary N) is 1. The molecule has 1 aromatic heterocycles. The van der Waals surface area contributed by atoms with Gasteiger partial charge in [-0.25, -0.2) is 0 Å². The second-order valence-electron chi connectivity index (χ2n) is 4.64. The molecule has 1 aromatic rings. The summed E-state index contributed by atoms with van der Waals surface area (Å²) >= 11 is 0. The van der Waals surface area contributed by atoms with Crippen LogP contribution in [-0.4, -0.2) is 45.2 Å². The third-order valence-corrected chi connectivity index (χ3v) is 3.18. The molecule has 0 aromatic carbocycles. The number of carbonyl (C=O) groups is 1. The van der Waals surface area contributed by atoms with E-state index in [-0.39, 0.29) is 11.9 Å². The number of amides is 1. The number of rotatable bonds is 5. The fourth-order valence-electron chi connectivity index (χ4n) is 1.81. The molecule has 0 saturated heterocycles. The minimum atomic E-state index is 0.0269. The Hall–Kier alpha value is -1.43. The fourth-order valence-corrected chi connectivity index (χ4v) is 1.81. The summed E-state index contributed by atoms with van der Waals surface area (Å²) in [5.74, 6) is 0.980. The van der Waals surface area contributed by atoms with E-state index in [0.717, 1.165) is 18.7 Å². The third kappa shape index (κ3) is 2.82. The van der Waals surface area contributed by atoms with Crippen LogP contribution in [0.15, 0.2) is 6.33 Å². The number of hydrogen-bond acceptors (Lipinski definition) is 4. The predicted octanol–water partition coefficient (Wildman–Crippen LogP) is 0.0865. The van der Waals surface area contributed by atoms with Gasteiger partial charge in [0.2, 0.25) is 5.91 Å². The Kier molecular flexibility index (Phi) is 3.42. The molecule has 1 fully saturated rings. The summed E-state index contributed by atoms with van der Waals surface area (Å²) in [6.45, 7) is 2.33. The smallest absolute Gasteiger partial charge is 0.236 e. The maximum absolute atomic E-state index is 11.8. The van der Waals surface area contributed by atoms with Gasteiger partial charge >= 0.3 is 0 Å². The Morgan fingerprint density at radius 1 is 1.71 bits per heavy atom. The maximum atomic E-state index is 11.8. The van der Waals surface area contributed by atoms with Crippen molar-refractivity contribution in [2.75, 3.05) is 13.6 Å². The molecule has 1 aliphatic rings. The molecule has 0 radical (unpaired) electrons. The van der Waals surface area contributed by atoms with Crippen molar-refractivity contribution in [1.29, 1.82) is 0 Å². The monoisotopic (exact) mass is 237 g/mol. The van der Waals surface area contributed by atoms with Crippen LogP contribution in [0.25, 0.3) is 0 Å². The van der Waals surface area contributed by atoms with Crippen LogP contribution >= 0.6 is 0 Å². The van der Waals surface area contributed by atoms with Gasteiger partial charge in [0.05, 0.1) is 12.6 Å². The van der Waals surface area contributed by atoms with Crippen molar-refractivity contribution in [3.8, 4) is 0 Å². The molecule has 1 saturated carbocycles. The van der Waals surface area contributed by atoms with E-state index in [1.165, 1.54) is 0 Å². The lowest BCUT2D eigenvalue weighted by Crippen LogP contribution is -2.38. The lowest BCUT2D eigenvalue weighted by molar-refractivity contribution is -0.129. The number of aryl methyl sites for hydroxylation is 1. The van der Waals surface area contributed by atoms with Gasteiger partial charge in [0.25, 0.3) is 0 Å². The first-order valence-electron chi connectivity index (χ1n) is 5.92. The molecule has 1 unspecified atom stereocenters. The van der Waals surface area contributed by atoms with Crippen LogP contribution in [0.3, 0.4) is 0 Å². The Bertz CT molecular complexity index is 398. The Morgan fingerprint density at radius 2 is 2.41 bits per heavy atom. The van der Waals surface area contributed by atoms with Crippen LogP contribution < -0.4 is 5.32 Å². The molecule has 0 bridgehead atoms. The van der Waals surface area contributed by atoms with E-state index in [1.54, 1.807) is 6.33 Å². The average Bonchev–Trinajstić information content (AvgIpc) is 3.07. The van der Waals surface area contributed by atoms with Crippen molar-refractivity contribution in [3.05, 3.63) is 12.2 Å². The number of carbonyl (C=O) groups excluding carboxylic acids is 1. The Labute approximate surface area is 101 Å². The van der Waals surface area contributed by atoms with Gasteiger partial charge in [0, 0.05) is 20.1 Å². The van der Waals surface area contributed by atoms with Crippen LogP contribution in [0.1, 0.15) is 31.6 Å². The molecule has 0 aliphatic heterocycles. The molecule has 6 nitrogen and oxygen atoms in total. The first kappa shape index (κ1) is 12.0. The summed E-state index contributed by atoms with van der Waals surface area (Å²) in [7, 11) is 3.76. The summed E-state index contributed by atoms with van der Waals surface area (Å²) in [4.78, 5) is 13.6. The van der Waals surface area contributed by atoms with E-state index < -0.39 is 0 Å². The first-order valence-corrected chi connectivity index (χ1v) is 5.92. The minimum Gasteiger partial charge on any atom is -0.342 e. The van der Waals surface area contributed by atoms with Gasteiger partial charge in [-0.1, -0.05) is 0 Å². The zero-order valence-electron chi connectivity index (χ0n) is 10.6. The molecule has 0 spiro atoms. The van der Waals surface area contributed by atoms with Gasteiger partial charge in [-0.15, -0.1) is 10.2 Å². The minimum absolute atomic E-state index is 0.0269. The standard InChI is InChI=1S/C11H19N5O/c1-8(11-14-13-7-15(11)2)12-6-10(17)16(3)9-4-5-9/h7-9,12H,4-6H2,1-3H3. The quantitative estimate of drug-likeness (QED) is 0.788. The predicted molar refractivity (Wildman–Crippen MR) is 63.2 cm³/mol. The fraction of sp³-hybridized carbons (Fsp3) is 0.727. The normalized spacial score (nSPS) is 16.9. The largest absolute Gasteiger partial charge is 0.342 e. The van der Waals surface area contributed by atoms with Crippen molar-refractivity contribution in [3.63, 3.8) is 0 Å². The molecule has 1 atom stereocenters. The number of likely N-dealkylation sites (N-methyl/N-ethyl adjacent to an activating group) is 1.